The van der Waals surface area contributed by atoms with Gasteiger partial charge in [-0.1, -0.05) is 11.6 Å². The first-order valence-corrected chi connectivity index (χ1v) is 5.76. The van der Waals surface area contributed by atoms with E-state index in [0.717, 1.165) is 11.3 Å². The van der Waals surface area contributed by atoms with E-state index >= 15 is 0 Å². The van der Waals surface area contributed by atoms with E-state index in [1.165, 1.54) is 0 Å². The molecule has 0 spiro atoms. The number of aromatic nitrogens is 1. The maximum Gasteiger partial charge on any atom is 0.254 e. The molecule has 2 aromatic rings. The molecule has 2 heterocycles. The lowest BCUT2D eigenvalue weighted by Gasteiger charge is -2.12. The van der Waals surface area contributed by atoms with Gasteiger partial charge in [0.15, 0.2) is 0 Å². The Hall–Kier alpha value is -1.74. The van der Waals surface area contributed by atoms with Crippen molar-refractivity contribution < 1.29 is 4.79 Å². The SMILES string of the molecule is CN1C(=O)C(n2cccc2)c2cc(Cl)ccc21. The smallest absolute Gasteiger partial charge is 0.254 e. The molecule has 1 aliphatic heterocycles. The monoisotopic (exact) mass is 246 g/mol. The van der Waals surface area contributed by atoms with Crippen LogP contribution in [0.4, 0.5) is 5.69 Å². The van der Waals surface area contributed by atoms with Gasteiger partial charge < -0.3 is 9.47 Å². The molecule has 86 valence electrons. The molecule has 3 rings (SSSR count). The molecule has 1 aromatic carbocycles. The number of fused-ring (bicyclic) bond motifs is 1. The first-order valence-electron chi connectivity index (χ1n) is 5.38. The van der Waals surface area contributed by atoms with Crippen LogP contribution in [-0.4, -0.2) is 17.5 Å². The lowest BCUT2D eigenvalue weighted by Crippen LogP contribution is -2.26. The molecule has 0 N–H and O–H groups in total. The van der Waals surface area contributed by atoms with Crippen LogP contribution in [0.25, 0.3) is 0 Å². The molecular weight excluding hydrogens is 236 g/mol. The predicted molar refractivity (Wildman–Crippen MR) is 67.4 cm³/mol. The highest BCUT2D eigenvalue weighted by atomic mass is 35.5. The van der Waals surface area contributed by atoms with Gasteiger partial charge in [0.1, 0.15) is 6.04 Å². The highest BCUT2D eigenvalue weighted by Gasteiger charge is 2.35. The molecule has 1 unspecified atom stereocenters. The Morgan fingerprint density at radius 3 is 2.65 bits per heavy atom. The summed E-state index contributed by atoms with van der Waals surface area (Å²) in [5.74, 6) is 0.0680. The second-order valence-electron chi connectivity index (χ2n) is 4.13. The highest BCUT2D eigenvalue weighted by molar-refractivity contribution is 6.31. The van der Waals surface area contributed by atoms with Crippen LogP contribution in [0.2, 0.25) is 5.02 Å². The zero-order valence-corrected chi connectivity index (χ0v) is 10.1. The zero-order chi connectivity index (χ0) is 12.0. The molecule has 0 bridgehead atoms. The minimum atomic E-state index is -0.288. The average Bonchev–Trinajstić information content (AvgIpc) is 2.88. The zero-order valence-electron chi connectivity index (χ0n) is 9.30. The molecule has 17 heavy (non-hydrogen) atoms. The van der Waals surface area contributed by atoms with E-state index in [9.17, 15) is 4.79 Å². The third-order valence-electron chi connectivity index (χ3n) is 3.14. The number of nitrogens with zero attached hydrogens (tertiary/aromatic N) is 2. The number of hydrogen-bond donors (Lipinski definition) is 0. The third-order valence-corrected chi connectivity index (χ3v) is 3.37. The molecule has 1 atom stereocenters. The van der Waals surface area contributed by atoms with Crippen LogP contribution in [0.1, 0.15) is 11.6 Å². The maximum absolute atomic E-state index is 12.2. The highest BCUT2D eigenvalue weighted by Crippen LogP contribution is 2.38. The summed E-state index contributed by atoms with van der Waals surface area (Å²) < 4.78 is 1.90. The summed E-state index contributed by atoms with van der Waals surface area (Å²) in [6, 6.07) is 9.10. The fourth-order valence-electron chi connectivity index (χ4n) is 2.29. The number of amides is 1. The van der Waals surface area contributed by atoms with Crippen molar-refractivity contribution in [3.63, 3.8) is 0 Å². The second kappa shape index (κ2) is 3.64. The van der Waals surface area contributed by atoms with Gasteiger partial charge in [0.05, 0.1) is 0 Å². The fraction of sp³-hybridized carbons (Fsp3) is 0.154. The molecule has 1 amide bonds. The van der Waals surface area contributed by atoms with E-state index in [0.29, 0.717) is 5.02 Å². The van der Waals surface area contributed by atoms with Crippen molar-refractivity contribution in [2.75, 3.05) is 11.9 Å². The normalized spacial score (nSPS) is 18.6. The Kier molecular flexibility index (Phi) is 2.23. The average molecular weight is 247 g/mol. The van der Waals surface area contributed by atoms with Gasteiger partial charge in [-0.15, -0.1) is 0 Å². The van der Waals surface area contributed by atoms with Gasteiger partial charge in [-0.3, -0.25) is 4.79 Å². The largest absolute Gasteiger partial charge is 0.338 e. The van der Waals surface area contributed by atoms with Gasteiger partial charge in [-0.05, 0) is 30.3 Å². The molecule has 0 aliphatic carbocycles. The molecule has 0 radical (unpaired) electrons. The Morgan fingerprint density at radius 2 is 1.94 bits per heavy atom. The molecule has 1 aliphatic rings. The number of likely N-dealkylation sites (N-methyl/N-ethyl adjacent to an activating group) is 1. The van der Waals surface area contributed by atoms with Crippen LogP contribution < -0.4 is 4.90 Å². The van der Waals surface area contributed by atoms with Crippen LogP contribution in [0.3, 0.4) is 0 Å². The van der Waals surface area contributed by atoms with Crippen molar-refractivity contribution >= 4 is 23.2 Å². The van der Waals surface area contributed by atoms with Crippen LogP contribution in [0.5, 0.6) is 0 Å². The number of benzene rings is 1. The number of anilines is 1. The van der Waals surface area contributed by atoms with Crippen LogP contribution >= 0.6 is 11.6 Å². The van der Waals surface area contributed by atoms with Gasteiger partial charge in [0.25, 0.3) is 5.91 Å². The van der Waals surface area contributed by atoms with Gasteiger partial charge in [-0.2, -0.15) is 0 Å². The van der Waals surface area contributed by atoms with E-state index in [-0.39, 0.29) is 11.9 Å². The van der Waals surface area contributed by atoms with Crippen molar-refractivity contribution in [1.82, 2.24) is 4.57 Å². The van der Waals surface area contributed by atoms with Crippen LogP contribution in [0.15, 0.2) is 42.7 Å². The van der Waals surface area contributed by atoms with Gasteiger partial charge in [0.2, 0.25) is 0 Å². The summed E-state index contributed by atoms with van der Waals surface area (Å²) in [6.45, 7) is 0. The lowest BCUT2D eigenvalue weighted by atomic mass is 10.1. The molecule has 4 heteroatoms. The Balaban J connectivity index is 2.19. The lowest BCUT2D eigenvalue weighted by molar-refractivity contribution is -0.119. The minimum absolute atomic E-state index is 0.0680. The standard InChI is InChI=1S/C13H11ClN2O/c1-15-11-5-4-9(14)8-10(11)12(13(15)17)16-6-2-3-7-16/h2-8,12H,1H3. The van der Waals surface area contributed by atoms with Crippen molar-refractivity contribution in [2.45, 2.75) is 6.04 Å². The van der Waals surface area contributed by atoms with Gasteiger partial charge in [0, 0.05) is 35.7 Å². The summed E-state index contributed by atoms with van der Waals surface area (Å²) >= 11 is 6.01. The Labute approximate surface area is 104 Å². The van der Waals surface area contributed by atoms with Crippen molar-refractivity contribution in [3.8, 4) is 0 Å². The van der Waals surface area contributed by atoms with Crippen molar-refractivity contribution in [3.05, 3.63) is 53.3 Å². The topological polar surface area (TPSA) is 25.2 Å². The minimum Gasteiger partial charge on any atom is -0.338 e. The number of halogens is 1. The Morgan fingerprint density at radius 1 is 1.24 bits per heavy atom. The predicted octanol–water partition coefficient (Wildman–Crippen LogP) is 2.71. The third kappa shape index (κ3) is 1.46. The van der Waals surface area contributed by atoms with Gasteiger partial charge >= 0.3 is 0 Å². The van der Waals surface area contributed by atoms with Crippen molar-refractivity contribution in [1.29, 1.82) is 0 Å². The first kappa shape index (κ1) is 10.4. The van der Waals surface area contributed by atoms with Crippen LogP contribution in [-0.2, 0) is 4.79 Å². The molecule has 0 fully saturated rings. The molecule has 0 saturated heterocycles. The van der Waals surface area contributed by atoms with Crippen molar-refractivity contribution in [2.24, 2.45) is 0 Å². The summed E-state index contributed by atoms with van der Waals surface area (Å²) in [7, 11) is 1.79. The number of carbonyl (C=O) groups excluding carboxylic acids is 1. The molecular formula is C13H11ClN2O. The number of rotatable bonds is 1. The Bertz CT molecular complexity index is 577. The van der Waals surface area contributed by atoms with Crippen LogP contribution in [0, 0.1) is 0 Å². The summed E-state index contributed by atoms with van der Waals surface area (Å²) in [5, 5.41) is 0.656. The summed E-state index contributed by atoms with van der Waals surface area (Å²) in [4.78, 5) is 13.9. The second-order valence-corrected chi connectivity index (χ2v) is 4.57. The first-order chi connectivity index (χ1) is 8.18. The molecule has 3 nitrogen and oxygen atoms in total. The van der Waals surface area contributed by atoms with E-state index < -0.39 is 0 Å². The fourth-order valence-corrected chi connectivity index (χ4v) is 2.47. The number of carbonyl (C=O) groups is 1. The maximum atomic E-state index is 12.2. The molecule has 0 saturated carbocycles. The van der Waals surface area contributed by atoms with Gasteiger partial charge in [-0.25, -0.2) is 0 Å². The van der Waals surface area contributed by atoms with E-state index in [2.05, 4.69) is 0 Å². The summed E-state index contributed by atoms with van der Waals surface area (Å²) in [6.07, 6.45) is 3.79. The van der Waals surface area contributed by atoms with E-state index in [1.807, 2.05) is 47.3 Å². The molecule has 1 aromatic heterocycles. The number of hydrogen-bond acceptors (Lipinski definition) is 1. The van der Waals surface area contributed by atoms with E-state index in [1.54, 1.807) is 11.9 Å². The quantitative estimate of drug-likeness (QED) is 0.760. The van der Waals surface area contributed by atoms with E-state index in [4.69, 9.17) is 11.6 Å². The summed E-state index contributed by atoms with van der Waals surface area (Å²) in [5.41, 5.74) is 1.89.